The Labute approximate surface area is 119 Å². The summed E-state index contributed by atoms with van der Waals surface area (Å²) in [5.74, 6) is -1.41. The fourth-order valence-electron chi connectivity index (χ4n) is 3.17. The Bertz CT molecular complexity index is 538. The summed E-state index contributed by atoms with van der Waals surface area (Å²) in [6, 6.07) is 7.64. The van der Waals surface area contributed by atoms with Crippen molar-refractivity contribution in [3.63, 3.8) is 0 Å². The number of para-hydroxylation sites is 1. The van der Waals surface area contributed by atoms with Gasteiger partial charge in [-0.2, -0.15) is 0 Å². The summed E-state index contributed by atoms with van der Waals surface area (Å²) in [6.07, 6.45) is 0.847. The minimum atomic E-state index is -0.842. The molecule has 0 bridgehead atoms. The van der Waals surface area contributed by atoms with Crippen molar-refractivity contribution in [1.82, 2.24) is 0 Å². The molecule has 1 heterocycles. The van der Waals surface area contributed by atoms with E-state index in [2.05, 4.69) is 5.32 Å². The molecular weight excluding hydrogens is 254 g/mol. The Morgan fingerprint density at radius 3 is 2.50 bits per heavy atom. The lowest BCUT2D eigenvalue weighted by Gasteiger charge is -2.39. The van der Waals surface area contributed by atoms with Crippen molar-refractivity contribution in [3.05, 3.63) is 29.8 Å². The highest BCUT2D eigenvalue weighted by Crippen LogP contribution is 2.45. The van der Waals surface area contributed by atoms with Crippen LogP contribution in [-0.4, -0.2) is 17.0 Å². The predicted molar refractivity (Wildman–Crippen MR) is 77.5 cm³/mol. The third-order valence-corrected chi connectivity index (χ3v) is 4.68. The van der Waals surface area contributed by atoms with Gasteiger partial charge >= 0.3 is 5.97 Å². The first-order valence-electron chi connectivity index (χ1n) is 6.97. The van der Waals surface area contributed by atoms with E-state index in [0.717, 1.165) is 11.3 Å². The molecule has 2 unspecified atom stereocenters. The normalized spacial score (nSPS) is 23.7. The minimum absolute atomic E-state index is 0.100. The van der Waals surface area contributed by atoms with Crippen LogP contribution < -0.4 is 5.32 Å². The van der Waals surface area contributed by atoms with Crippen LogP contribution >= 0.6 is 0 Å². The van der Waals surface area contributed by atoms with E-state index in [9.17, 15) is 14.7 Å². The van der Waals surface area contributed by atoms with Gasteiger partial charge in [0.2, 0.25) is 5.91 Å². The number of fused-ring (bicyclic) bond motifs is 1. The number of rotatable bonds is 3. The van der Waals surface area contributed by atoms with Gasteiger partial charge in [-0.25, -0.2) is 0 Å². The highest BCUT2D eigenvalue weighted by Gasteiger charge is 2.46. The first-order valence-corrected chi connectivity index (χ1v) is 6.97. The maximum Gasteiger partial charge on any atom is 0.306 e. The Balaban J connectivity index is 2.53. The van der Waals surface area contributed by atoms with Gasteiger partial charge in [-0.15, -0.1) is 0 Å². The summed E-state index contributed by atoms with van der Waals surface area (Å²) in [4.78, 5) is 23.7. The van der Waals surface area contributed by atoms with Gasteiger partial charge in [0.15, 0.2) is 0 Å². The zero-order valence-electron chi connectivity index (χ0n) is 12.1. The number of hydrogen-bond acceptors (Lipinski definition) is 2. The second kappa shape index (κ2) is 5.27. The molecule has 2 rings (SSSR count). The summed E-state index contributed by atoms with van der Waals surface area (Å²) in [7, 11) is 0. The molecule has 0 fully saturated rings. The molecule has 4 nitrogen and oxygen atoms in total. The maximum atomic E-state index is 12.2. The number of carboxylic acids is 1. The number of aliphatic carboxylic acids is 1. The molecule has 0 radical (unpaired) electrons. The quantitative estimate of drug-likeness (QED) is 0.891. The smallest absolute Gasteiger partial charge is 0.306 e. The number of carbonyl (C=O) groups is 2. The largest absolute Gasteiger partial charge is 0.481 e. The molecule has 1 aliphatic rings. The van der Waals surface area contributed by atoms with Gasteiger partial charge in [0.05, 0.1) is 5.92 Å². The Morgan fingerprint density at radius 2 is 1.90 bits per heavy atom. The van der Waals surface area contributed by atoms with Crippen LogP contribution in [0, 0.1) is 17.3 Å². The summed E-state index contributed by atoms with van der Waals surface area (Å²) < 4.78 is 0. The van der Waals surface area contributed by atoms with Gasteiger partial charge in [0.25, 0.3) is 0 Å². The number of carboxylic acid groups (broad SMARTS) is 1. The fourth-order valence-corrected chi connectivity index (χ4v) is 3.17. The number of anilines is 1. The van der Waals surface area contributed by atoms with Crippen molar-refractivity contribution in [3.8, 4) is 0 Å². The molecule has 2 N–H and O–H groups in total. The molecule has 1 aromatic carbocycles. The Kier molecular flexibility index (Phi) is 3.84. The monoisotopic (exact) mass is 275 g/mol. The van der Waals surface area contributed by atoms with E-state index in [1.165, 1.54) is 0 Å². The molecule has 20 heavy (non-hydrogen) atoms. The van der Waals surface area contributed by atoms with Gasteiger partial charge in [-0.05, 0) is 29.4 Å². The molecule has 2 atom stereocenters. The first kappa shape index (κ1) is 14.6. The van der Waals surface area contributed by atoms with Gasteiger partial charge in [0.1, 0.15) is 0 Å². The van der Waals surface area contributed by atoms with Crippen LogP contribution in [0.1, 0.15) is 32.8 Å². The molecule has 1 amide bonds. The minimum Gasteiger partial charge on any atom is -0.481 e. The standard InChI is InChI=1S/C16H21NO3/c1-10(2)16(11(3)15(19)20)8-12-6-4-5-7-13(12)17-14(18)9-16/h4-7,10-11H,8-9H2,1-3H3,(H,17,18)(H,19,20). The first-order chi connectivity index (χ1) is 9.36. The van der Waals surface area contributed by atoms with Crippen LogP contribution in [0.5, 0.6) is 0 Å². The molecule has 0 saturated heterocycles. The van der Waals surface area contributed by atoms with Crippen molar-refractivity contribution in [2.75, 3.05) is 5.32 Å². The van der Waals surface area contributed by atoms with E-state index in [0.29, 0.717) is 6.42 Å². The number of benzene rings is 1. The van der Waals surface area contributed by atoms with Crippen LogP contribution in [0.15, 0.2) is 24.3 Å². The SMILES string of the molecule is CC(C)C1(C(C)C(=O)O)CC(=O)Nc2ccccc2C1. The molecule has 1 aliphatic heterocycles. The molecule has 1 aromatic rings. The number of carbonyl (C=O) groups excluding carboxylic acids is 1. The van der Waals surface area contributed by atoms with Gasteiger partial charge < -0.3 is 10.4 Å². The number of nitrogens with one attached hydrogen (secondary N) is 1. The summed E-state index contributed by atoms with van der Waals surface area (Å²) >= 11 is 0. The van der Waals surface area contributed by atoms with E-state index in [1.807, 2.05) is 38.1 Å². The zero-order chi connectivity index (χ0) is 14.9. The Morgan fingerprint density at radius 1 is 1.25 bits per heavy atom. The summed E-state index contributed by atoms with van der Waals surface area (Å²) in [5, 5.41) is 12.3. The van der Waals surface area contributed by atoms with Crippen LogP contribution in [0.3, 0.4) is 0 Å². The highest BCUT2D eigenvalue weighted by molar-refractivity contribution is 5.93. The molecule has 0 aromatic heterocycles. The maximum absolute atomic E-state index is 12.2. The lowest BCUT2D eigenvalue weighted by molar-refractivity contribution is -0.148. The van der Waals surface area contributed by atoms with E-state index < -0.39 is 17.3 Å². The molecular formula is C16H21NO3. The Hall–Kier alpha value is -1.84. The van der Waals surface area contributed by atoms with Crippen molar-refractivity contribution < 1.29 is 14.7 Å². The van der Waals surface area contributed by atoms with Crippen molar-refractivity contribution >= 4 is 17.6 Å². The summed E-state index contributed by atoms with van der Waals surface area (Å²) in [5.41, 5.74) is 1.26. The average Bonchev–Trinajstić information content (AvgIpc) is 2.53. The second-order valence-electron chi connectivity index (χ2n) is 6.01. The third kappa shape index (κ3) is 2.42. The van der Waals surface area contributed by atoms with Gasteiger partial charge in [-0.3, -0.25) is 9.59 Å². The van der Waals surface area contributed by atoms with Gasteiger partial charge in [-0.1, -0.05) is 39.0 Å². The van der Waals surface area contributed by atoms with Crippen molar-refractivity contribution in [2.24, 2.45) is 17.3 Å². The van der Waals surface area contributed by atoms with Crippen molar-refractivity contribution in [2.45, 2.75) is 33.6 Å². The average molecular weight is 275 g/mol. The second-order valence-corrected chi connectivity index (χ2v) is 6.01. The predicted octanol–water partition coefficient (Wildman–Crippen LogP) is 2.93. The third-order valence-electron chi connectivity index (χ3n) is 4.68. The fraction of sp³-hybridized carbons (Fsp3) is 0.500. The topological polar surface area (TPSA) is 66.4 Å². The van der Waals surface area contributed by atoms with Crippen LogP contribution in [0.4, 0.5) is 5.69 Å². The highest BCUT2D eigenvalue weighted by atomic mass is 16.4. The summed E-state index contributed by atoms with van der Waals surface area (Å²) in [6.45, 7) is 5.71. The van der Waals surface area contributed by atoms with Crippen LogP contribution in [0.2, 0.25) is 0 Å². The van der Waals surface area contributed by atoms with Crippen molar-refractivity contribution in [1.29, 1.82) is 0 Å². The van der Waals surface area contributed by atoms with Crippen LogP contribution in [0.25, 0.3) is 0 Å². The lowest BCUT2D eigenvalue weighted by atomic mass is 9.63. The molecule has 108 valence electrons. The molecule has 0 spiro atoms. The lowest BCUT2D eigenvalue weighted by Crippen LogP contribution is -2.42. The molecule has 0 saturated carbocycles. The van der Waals surface area contributed by atoms with E-state index >= 15 is 0 Å². The number of hydrogen-bond donors (Lipinski definition) is 2. The van der Waals surface area contributed by atoms with Gasteiger partial charge in [0, 0.05) is 12.1 Å². The number of amides is 1. The van der Waals surface area contributed by atoms with Crippen LogP contribution in [-0.2, 0) is 16.0 Å². The van der Waals surface area contributed by atoms with E-state index in [-0.39, 0.29) is 18.2 Å². The van der Waals surface area contributed by atoms with E-state index in [4.69, 9.17) is 0 Å². The van der Waals surface area contributed by atoms with E-state index in [1.54, 1.807) is 6.92 Å². The zero-order valence-corrected chi connectivity index (χ0v) is 12.1. The molecule has 0 aliphatic carbocycles. The molecule has 4 heteroatoms.